The van der Waals surface area contributed by atoms with Crippen LogP contribution in [0.2, 0.25) is 0 Å². The Balaban J connectivity index is 1.58. The highest BCUT2D eigenvalue weighted by Gasteiger charge is 2.41. The van der Waals surface area contributed by atoms with Crippen LogP contribution in [0.1, 0.15) is 29.6 Å². The second-order valence-electron chi connectivity index (χ2n) is 6.37. The smallest absolute Gasteiger partial charge is 0.257 e. The van der Waals surface area contributed by atoms with Crippen LogP contribution in [-0.2, 0) is 0 Å². The van der Waals surface area contributed by atoms with Crippen LogP contribution in [0, 0.1) is 5.41 Å². The summed E-state index contributed by atoms with van der Waals surface area (Å²) in [6, 6.07) is 7.75. The summed E-state index contributed by atoms with van der Waals surface area (Å²) < 4.78 is 5.51. The predicted molar refractivity (Wildman–Crippen MR) is 81.3 cm³/mol. The number of hydrogen-bond donors (Lipinski definition) is 1. The van der Waals surface area contributed by atoms with Gasteiger partial charge in [-0.2, -0.15) is 0 Å². The van der Waals surface area contributed by atoms with Gasteiger partial charge in [-0.15, -0.1) is 0 Å². The van der Waals surface area contributed by atoms with Crippen molar-refractivity contribution in [2.45, 2.75) is 19.3 Å². The van der Waals surface area contributed by atoms with Crippen LogP contribution in [0.3, 0.4) is 0 Å². The summed E-state index contributed by atoms with van der Waals surface area (Å²) in [5.41, 5.74) is 1.84. The Kier molecular flexibility index (Phi) is 3.00. The number of fused-ring (bicyclic) bond motifs is 1. The maximum absolute atomic E-state index is 12.8. The van der Waals surface area contributed by atoms with Gasteiger partial charge < -0.3 is 14.6 Å². The molecule has 4 heteroatoms. The predicted octanol–water partition coefficient (Wildman–Crippen LogP) is 2.65. The van der Waals surface area contributed by atoms with Crippen LogP contribution in [0.5, 0.6) is 0 Å². The van der Waals surface area contributed by atoms with Gasteiger partial charge in [0.05, 0.1) is 5.56 Å². The minimum Gasteiger partial charge on any atom is -0.463 e. The van der Waals surface area contributed by atoms with E-state index in [2.05, 4.69) is 5.32 Å². The van der Waals surface area contributed by atoms with E-state index in [1.807, 2.05) is 29.2 Å². The lowest BCUT2D eigenvalue weighted by atomic mass is 9.78. The minimum atomic E-state index is 0.121. The van der Waals surface area contributed by atoms with Gasteiger partial charge in [-0.3, -0.25) is 4.79 Å². The SMILES string of the molecule is O=C(c1coc2ccccc12)N1CCC2(CCNCC2)C1. The lowest BCUT2D eigenvalue weighted by Gasteiger charge is -2.33. The van der Waals surface area contributed by atoms with E-state index < -0.39 is 0 Å². The highest BCUT2D eigenvalue weighted by molar-refractivity contribution is 6.06. The molecule has 1 aromatic heterocycles. The first kappa shape index (κ1) is 12.9. The molecule has 110 valence electrons. The number of benzene rings is 1. The number of para-hydroxylation sites is 1. The van der Waals surface area contributed by atoms with Gasteiger partial charge in [0, 0.05) is 18.5 Å². The molecule has 2 aromatic rings. The molecule has 1 aromatic carbocycles. The quantitative estimate of drug-likeness (QED) is 0.875. The Morgan fingerprint density at radius 3 is 2.86 bits per heavy atom. The molecule has 4 nitrogen and oxygen atoms in total. The molecular formula is C17H20N2O2. The topological polar surface area (TPSA) is 45.5 Å². The van der Waals surface area contributed by atoms with Gasteiger partial charge in [-0.1, -0.05) is 18.2 Å². The fourth-order valence-corrected chi connectivity index (χ4v) is 3.79. The van der Waals surface area contributed by atoms with Gasteiger partial charge in [0.1, 0.15) is 11.8 Å². The number of carbonyl (C=O) groups excluding carboxylic acids is 1. The first-order chi connectivity index (χ1) is 10.3. The van der Waals surface area contributed by atoms with Gasteiger partial charge in [0.25, 0.3) is 5.91 Å². The zero-order valence-electron chi connectivity index (χ0n) is 12.1. The van der Waals surface area contributed by atoms with E-state index in [0.717, 1.165) is 43.6 Å². The van der Waals surface area contributed by atoms with Crippen LogP contribution in [-0.4, -0.2) is 37.0 Å². The van der Waals surface area contributed by atoms with Crippen molar-refractivity contribution < 1.29 is 9.21 Å². The van der Waals surface area contributed by atoms with Crippen LogP contribution in [0.25, 0.3) is 11.0 Å². The van der Waals surface area contributed by atoms with Crippen molar-refractivity contribution in [2.75, 3.05) is 26.2 Å². The van der Waals surface area contributed by atoms with Crippen molar-refractivity contribution >= 4 is 16.9 Å². The number of likely N-dealkylation sites (tertiary alicyclic amines) is 1. The highest BCUT2D eigenvalue weighted by atomic mass is 16.3. The van der Waals surface area contributed by atoms with Crippen molar-refractivity contribution in [3.05, 3.63) is 36.1 Å². The molecule has 21 heavy (non-hydrogen) atoms. The van der Waals surface area contributed by atoms with Gasteiger partial charge in [0.2, 0.25) is 0 Å². The van der Waals surface area contributed by atoms with Crippen LogP contribution in [0.15, 0.2) is 34.9 Å². The fourth-order valence-electron chi connectivity index (χ4n) is 3.79. The molecule has 1 spiro atoms. The highest BCUT2D eigenvalue weighted by Crippen LogP contribution is 2.39. The van der Waals surface area contributed by atoms with Crippen LogP contribution < -0.4 is 5.32 Å². The Hall–Kier alpha value is -1.81. The number of hydrogen-bond acceptors (Lipinski definition) is 3. The van der Waals surface area contributed by atoms with E-state index in [1.54, 1.807) is 6.26 Å². The molecule has 1 N–H and O–H groups in total. The van der Waals surface area contributed by atoms with Crippen LogP contribution >= 0.6 is 0 Å². The van der Waals surface area contributed by atoms with Gasteiger partial charge in [0.15, 0.2) is 0 Å². The van der Waals surface area contributed by atoms with Crippen molar-refractivity contribution in [1.29, 1.82) is 0 Å². The third-order valence-electron chi connectivity index (χ3n) is 5.10. The maximum Gasteiger partial charge on any atom is 0.257 e. The number of nitrogens with one attached hydrogen (secondary N) is 1. The molecule has 0 aliphatic carbocycles. The first-order valence-electron chi connectivity index (χ1n) is 7.74. The molecule has 0 radical (unpaired) electrons. The molecule has 0 atom stereocenters. The zero-order valence-corrected chi connectivity index (χ0v) is 12.1. The molecule has 0 unspecified atom stereocenters. The van der Waals surface area contributed by atoms with E-state index in [9.17, 15) is 4.79 Å². The zero-order chi connectivity index (χ0) is 14.3. The molecular weight excluding hydrogens is 264 g/mol. The Labute approximate surface area is 124 Å². The summed E-state index contributed by atoms with van der Waals surface area (Å²) in [7, 11) is 0. The average Bonchev–Trinajstić information content (AvgIpc) is 3.12. The minimum absolute atomic E-state index is 0.121. The summed E-state index contributed by atoms with van der Waals surface area (Å²) in [5, 5.41) is 4.34. The second-order valence-corrected chi connectivity index (χ2v) is 6.37. The van der Waals surface area contributed by atoms with Gasteiger partial charge in [-0.25, -0.2) is 0 Å². The molecule has 1 amide bonds. The lowest BCUT2D eigenvalue weighted by Crippen LogP contribution is -2.39. The largest absolute Gasteiger partial charge is 0.463 e. The van der Waals surface area contributed by atoms with Gasteiger partial charge in [-0.05, 0) is 43.8 Å². The number of nitrogens with zero attached hydrogens (tertiary/aromatic N) is 1. The standard InChI is InChI=1S/C17H20N2O2/c20-16(14-11-21-15-4-2-1-3-13(14)15)19-10-7-17(12-19)5-8-18-9-6-17/h1-4,11,18H,5-10,12H2. The maximum atomic E-state index is 12.8. The third kappa shape index (κ3) is 2.14. The molecule has 0 bridgehead atoms. The lowest BCUT2D eigenvalue weighted by molar-refractivity contribution is 0.0763. The number of furan rings is 1. The number of carbonyl (C=O) groups is 1. The third-order valence-corrected chi connectivity index (χ3v) is 5.10. The first-order valence-corrected chi connectivity index (χ1v) is 7.74. The van der Waals surface area contributed by atoms with Crippen molar-refractivity contribution in [3.8, 4) is 0 Å². The van der Waals surface area contributed by atoms with E-state index in [0.29, 0.717) is 11.0 Å². The Morgan fingerprint density at radius 1 is 1.19 bits per heavy atom. The molecule has 4 rings (SSSR count). The van der Waals surface area contributed by atoms with Crippen molar-refractivity contribution in [2.24, 2.45) is 5.41 Å². The molecule has 2 fully saturated rings. The summed E-state index contributed by atoms with van der Waals surface area (Å²) >= 11 is 0. The van der Waals surface area contributed by atoms with E-state index >= 15 is 0 Å². The summed E-state index contributed by atoms with van der Waals surface area (Å²) in [6.07, 6.45) is 5.11. The second kappa shape index (κ2) is 4.88. The average molecular weight is 284 g/mol. The summed E-state index contributed by atoms with van der Waals surface area (Å²) in [5.74, 6) is 0.121. The van der Waals surface area contributed by atoms with Crippen molar-refractivity contribution in [1.82, 2.24) is 10.2 Å². The van der Waals surface area contributed by atoms with E-state index in [1.165, 1.54) is 12.8 Å². The Bertz CT molecular complexity index is 670. The van der Waals surface area contributed by atoms with Crippen molar-refractivity contribution in [3.63, 3.8) is 0 Å². The Morgan fingerprint density at radius 2 is 2.00 bits per heavy atom. The van der Waals surface area contributed by atoms with Gasteiger partial charge >= 0.3 is 0 Å². The molecule has 0 saturated carbocycles. The molecule has 3 heterocycles. The monoisotopic (exact) mass is 284 g/mol. The number of amides is 1. The van der Waals surface area contributed by atoms with E-state index in [4.69, 9.17) is 4.42 Å². The van der Waals surface area contributed by atoms with E-state index in [-0.39, 0.29) is 5.91 Å². The summed E-state index contributed by atoms with van der Waals surface area (Å²) in [6.45, 7) is 3.93. The molecule has 2 aliphatic rings. The summed E-state index contributed by atoms with van der Waals surface area (Å²) in [4.78, 5) is 14.8. The number of piperidine rings is 1. The molecule has 2 saturated heterocycles. The fraction of sp³-hybridized carbons (Fsp3) is 0.471. The number of rotatable bonds is 1. The normalized spacial score (nSPS) is 21.2. The molecule has 2 aliphatic heterocycles. The van der Waals surface area contributed by atoms with Crippen LogP contribution in [0.4, 0.5) is 0 Å².